The highest BCUT2D eigenvalue weighted by atomic mass is 19.3. The third-order valence-corrected chi connectivity index (χ3v) is 1.91. The van der Waals surface area contributed by atoms with E-state index >= 15 is 0 Å². The number of rotatable bonds is 3. The summed E-state index contributed by atoms with van der Waals surface area (Å²) in [6.07, 6.45) is -1.75. The molecule has 0 amide bonds. The van der Waals surface area contributed by atoms with Gasteiger partial charge < -0.3 is 5.43 Å². The van der Waals surface area contributed by atoms with Crippen molar-refractivity contribution in [3.63, 3.8) is 0 Å². The van der Waals surface area contributed by atoms with Crippen LogP contribution in [0.25, 0.3) is 0 Å². The molecule has 0 radical (unpaired) electrons. The van der Waals surface area contributed by atoms with E-state index in [0.29, 0.717) is 0 Å². The minimum Gasteiger partial charge on any atom is -0.324 e. The molecule has 1 aromatic carbocycles. The van der Waals surface area contributed by atoms with Crippen LogP contribution in [-0.4, -0.2) is 0 Å². The Morgan fingerprint density at radius 1 is 1.46 bits per heavy atom. The van der Waals surface area contributed by atoms with Crippen LogP contribution in [0.15, 0.2) is 18.2 Å². The summed E-state index contributed by atoms with van der Waals surface area (Å²) in [6, 6.07) is 4.82. The Labute approximate surface area is 75.7 Å². The summed E-state index contributed by atoms with van der Waals surface area (Å²) < 4.78 is 24.9. The largest absolute Gasteiger partial charge is 0.324 e. The molecule has 0 aliphatic heterocycles. The van der Waals surface area contributed by atoms with Gasteiger partial charge in [0.1, 0.15) is 0 Å². The summed E-state index contributed by atoms with van der Waals surface area (Å²) in [6.45, 7) is 1.92. The van der Waals surface area contributed by atoms with Crippen LogP contribution in [0.4, 0.5) is 14.5 Å². The Morgan fingerprint density at radius 3 is 2.62 bits per heavy atom. The fourth-order valence-corrected chi connectivity index (χ4v) is 1.14. The van der Waals surface area contributed by atoms with Crippen LogP contribution in [0.1, 0.15) is 24.5 Å². The standard InChI is InChI=1S/C9H12F2N2/c1-2-6-3-4-8(13-12)7(5-6)9(10)11/h3-5,9,13H,2,12H2,1H3. The Hall–Kier alpha value is -1.16. The van der Waals surface area contributed by atoms with Crippen LogP contribution in [0.2, 0.25) is 0 Å². The lowest BCUT2D eigenvalue weighted by Gasteiger charge is -2.09. The van der Waals surface area contributed by atoms with E-state index in [4.69, 9.17) is 5.84 Å². The maximum atomic E-state index is 12.4. The minimum atomic E-state index is -2.49. The van der Waals surface area contributed by atoms with E-state index in [2.05, 4.69) is 5.43 Å². The number of aryl methyl sites for hydroxylation is 1. The second-order valence-electron chi connectivity index (χ2n) is 2.72. The average molecular weight is 186 g/mol. The van der Waals surface area contributed by atoms with Crippen molar-refractivity contribution in [1.82, 2.24) is 0 Å². The first kappa shape index (κ1) is 9.92. The van der Waals surface area contributed by atoms with Crippen LogP contribution in [0.5, 0.6) is 0 Å². The van der Waals surface area contributed by atoms with Gasteiger partial charge in [0.25, 0.3) is 6.43 Å². The zero-order chi connectivity index (χ0) is 9.84. The Morgan fingerprint density at radius 2 is 2.15 bits per heavy atom. The van der Waals surface area contributed by atoms with Crippen LogP contribution >= 0.6 is 0 Å². The van der Waals surface area contributed by atoms with Crippen molar-refractivity contribution < 1.29 is 8.78 Å². The molecule has 2 nitrogen and oxygen atoms in total. The lowest BCUT2D eigenvalue weighted by atomic mass is 10.1. The Kier molecular flexibility index (Phi) is 3.19. The van der Waals surface area contributed by atoms with Crippen molar-refractivity contribution in [2.45, 2.75) is 19.8 Å². The van der Waals surface area contributed by atoms with Gasteiger partial charge >= 0.3 is 0 Å². The molecule has 0 spiro atoms. The van der Waals surface area contributed by atoms with E-state index in [1.54, 1.807) is 12.1 Å². The van der Waals surface area contributed by atoms with Crippen LogP contribution in [-0.2, 0) is 6.42 Å². The van der Waals surface area contributed by atoms with Gasteiger partial charge in [0.2, 0.25) is 0 Å². The van der Waals surface area contributed by atoms with Gasteiger partial charge in [-0.1, -0.05) is 13.0 Å². The molecule has 0 fully saturated rings. The number of hydrogen-bond acceptors (Lipinski definition) is 2. The molecule has 0 heterocycles. The number of nitrogens with two attached hydrogens (primary N) is 1. The third kappa shape index (κ3) is 2.15. The molecular formula is C9H12F2N2. The second-order valence-corrected chi connectivity index (χ2v) is 2.72. The number of nitrogen functional groups attached to an aromatic ring is 1. The van der Waals surface area contributed by atoms with Crippen molar-refractivity contribution in [3.05, 3.63) is 29.3 Å². The van der Waals surface area contributed by atoms with Crippen LogP contribution in [0.3, 0.4) is 0 Å². The monoisotopic (exact) mass is 186 g/mol. The molecule has 0 saturated heterocycles. The molecule has 13 heavy (non-hydrogen) atoms. The van der Waals surface area contributed by atoms with Crippen LogP contribution in [0, 0.1) is 0 Å². The highest BCUT2D eigenvalue weighted by Crippen LogP contribution is 2.27. The Balaban J connectivity index is 3.10. The average Bonchev–Trinajstić information content (AvgIpc) is 2.16. The summed E-state index contributed by atoms with van der Waals surface area (Å²) in [4.78, 5) is 0. The predicted molar refractivity (Wildman–Crippen MR) is 48.6 cm³/mol. The van der Waals surface area contributed by atoms with Crippen molar-refractivity contribution >= 4 is 5.69 Å². The van der Waals surface area contributed by atoms with Gasteiger partial charge in [-0.25, -0.2) is 8.78 Å². The number of halogens is 2. The highest BCUT2D eigenvalue weighted by molar-refractivity contribution is 5.52. The zero-order valence-electron chi connectivity index (χ0n) is 7.35. The van der Waals surface area contributed by atoms with E-state index in [0.717, 1.165) is 12.0 Å². The fourth-order valence-electron chi connectivity index (χ4n) is 1.14. The number of hydrazine groups is 1. The normalized spacial score (nSPS) is 10.5. The van der Waals surface area contributed by atoms with E-state index in [-0.39, 0.29) is 11.3 Å². The predicted octanol–water partition coefficient (Wildman–Crippen LogP) is 2.47. The molecule has 0 aromatic heterocycles. The third-order valence-electron chi connectivity index (χ3n) is 1.91. The maximum Gasteiger partial charge on any atom is 0.265 e. The number of hydrogen-bond donors (Lipinski definition) is 2. The minimum absolute atomic E-state index is 0.0400. The van der Waals surface area contributed by atoms with E-state index in [9.17, 15) is 8.78 Å². The number of alkyl halides is 2. The lowest BCUT2D eigenvalue weighted by molar-refractivity contribution is 0.152. The fraction of sp³-hybridized carbons (Fsp3) is 0.333. The van der Waals surface area contributed by atoms with Gasteiger partial charge in [0, 0.05) is 5.56 Å². The summed E-state index contributed by atoms with van der Waals surface area (Å²) >= 11 is 0. The number of nitrogens with one attached hydrogen (secondary N) is 1. The van der Waals surface area contributed by atoms with Crippen molar-refractivity contribution in [1.29, 1.82) is 0 Å². The molecule has 4 heteroatoms. The Bertz CT molecular complexity index is 287. The number of benzene rings is 1. The van der Waals surface area contributed by atoms with E-state index < -0.39 is 6.43 Å². The van der Waals surface area contributed by atoms with E-state index in [1.807, 2.05) is 6.92 Å². The first-order valence-electron chi connectivity index (χ1n) is 4.06. The van der Waals surface area contributed by atoms with E-state index in [1.165, 1.54) is 6.07 Å². The molecule has 3 N–H and O–H groups in total. The molecule has 0 aliphatic rings. The smallest absolute Gasteiger partial charge is 0.265 e. The summed E-state index contributed by atoms with van der Waals surface area (Å²) in [5, 5.41) is 0. The first-order valence-corrected chi connectivity index (χ1v) is 4.06. The van der Waals surface area contributed by atoms with Gasteiger partial charge in [-0.05, 0) is 24.1 Å². The molecular weight excluding hydrogens is 174 g/mol. The molecule has 0 aliphatic carbocycles. The number of anilines is 1. The molecule has 0 bridgehead atoms. The summed E-state index contributed by atoms with van der Waals surface area (Å²) in [7, 11) is 0. The first-order chi connectivity index (χ1) is 6.19. The maximum absolute atomic E-state index is 12.4. The molecule has 0 unspecified atom stereocenters. The van der Waals surface area contributed by atoms with Gasteiger partial charge in [0.15, 0.2) is 0 Å². The molecule has 72 valence electrons. The summed E-state index contributed by atoms with van der Waals surface area (Å²) in [5.74, 6) is 5.10. The molecule has 0 atom stereocenters. The lowest BCUT2D eigenvalue weighted by Crippen LogP contribution is -2.09. The summed E-state index contributed by atoms with van der Waals surface area (Å²) in [5.41, 5.74) is 3.38. The topological polar surface area (TPSA) is 38.0 Å². The quantitative estimate of drug-likeness (QED) is 0.562. The van der Waals surface area contributed by atoms with Crippen molar-refractivity contribution in [2.24, 2.45) is 5.84 Å². The van der Waals surface area contributed by atoms with Crippen molar-refractivity contribution in [3.8, 4) is 0 Å². The van der Waals surface area contributed by atoms with Gasteiger partial charge in [-0.2, -0.15) is 0 Å². The molecule has 1 rings (SSSR count). The van der Waals surface area contributed by atoms with Gasteiger partial charge in [0.05, 0.1) is 5.69 Å². The SMILES string of the molecule is CCc1ccc(NN)c(C(F)F)c1. The van der Waals surface area contributed by atoms with Crippen molar-refractivity contribution in [2.75, 3.05) is 5.43 Å². The molecule has 1 aromatic rings. The van der Waals surface area contributed by atoms with Gasteiger partial charge in [-0.15, -0.1) is 0 Å². The second kappa shape index (κ2) is 4.18. The molecule has 0 saturated carbocycles. The zero-order valence-corrected chi connectivity index (χ0v) is 7.35. The van der Waals surface area contributed by atoms with Gasteiger partial charge in [-0.3, -0.25) is 5.84 Å². The highest BCUT2D eigenvalue weighted by Gasteiger charge is 2.12. The van der Waals surface area contributed by atoms with Crippen LogP contribution < -0.4 is 11.3 Å².